The molecule has 1 aliphatic heterocycles. The van der Waals surface area contributed by atoms with Gasteiger partial charge in [-0.15, -0.1) is 0 Å². The molecule has 26 heavy (non-hydrogen) atoms. The Morgan fingerprint density at radius 1 is 1.27 bits per heavy atom. The van der Waals surface area contributed by atoms with Crippen LogP contribution in [0, 0.1) is 5.92 Å². The van der Waals surface area contributed by atoms with Crippen LogP contribution in [0.4, 0.5) is 0 Å². The highest BCUT2D eigenvalue weighted by Gasteiger charge is 2.24. The van der Waals surface area contributed by atoms with Crippen molar-refractivity contribution in [3.8, 4) is 0 Å². The quantitative estimate of drug-likeness (QED) is 0.783. The molecule has 2 amide bonds. The first-order valence-electron chi connectivity index (χ1n) is 8.92. The number of piperidine rings is 1. The lowest BCUT2D eigenvalue weighted by atomic mass is 9.93. The van der Waals surface area contributed by atoms with Crippen LogP contribution in [-0.2, 0) is 17.8 Å². The first kappa shape index (κ1) is 17.9. The van der Waals surface area contributed by atoms with Crippen LogP contribution in [0.1, 0.15) is 34.6 Å². The molecule has 0 aliphatic carbocycles. The first-order valence-corrected chi connectivity index (χ1v) is 8.92. The topological polar surface area (TPSA) is 78.1 Å². The van der Waals surface area contributed by atoms with Crippen molar-refractivity contribution in [1.29, 1.82) is 0 Å². The molecular weight excluding hydrogens is 328 g/mol. The predicted octanol–water partition coefficient (Wildman–Crippen LogP) is 2.31. The van der Waals surface area contributed by atoms with E-state index in [0.29, 0.717) is 18.0 Å². The number of nitrogens with zero attached hydrogens (tertiary/aromatic N) is 2. The highest BCUT2D eigenvalue weighted by Crippen LogP contribution is 2.22. The van der Waals surface area contributed by atoms with E-state index in [4.69, 9.17) is 0 Å². The van der Waals surface area contributed by atoms with Crippen LogP contribution in [-0.4, -0.2) is 39.8 Å². The smallest absolute Gasteiger partial charge is 0.253 e. The minimum atomic E-state index is -0.206. The second kappa shape index (κ2) is 8.47. The zero-order valence-corrected chi connectivity index (χ0v) is 14.8. The van der Waals surface area contributed by atoms with Gasteiger partial charge >= 0.3 is 0 Å². The van der Waals surface area contributed by atoms with Gasteiger partial charge in [0.2, 0.25) is 5.91 Å². The van der Waals surface area contributed by atoms with Gasteiger partial charge in [-0.2, -0.15) is 0 Å². The Bertz CT molecular complexity index is 745. The maximum Gasteiger partial charge on any atom is 0.253 e. The van der Waals surface area contributed by atoms with Crippen molar-refractivity contribution >= 4 is 11.8 Å². The molecule has 2 aromatic rings. The lowest BCUT2D eigenvalue weighted by Gasteiger charge is -2.31. The summed E-state index contributed by atoms with van der Waals surface area (Å²) >= 11 is 0. The van der Waals surface area contributed by atoms with Gasteiger partial charge in [0.15, 0.2) is 0 Å². The number of amides is 2. The number of imidazole rings is 1. The van der Waals surface area contributed by atoms with E-state index in [2.05, 4.69) is 21.9 Å². The number of H-pyrrole nitrogens is 1. The average Bonchev–Trinajstić information content (AvgIpc) is 3.19. The molecule has 1 aliphatic rings. The number of aromatic nitrogens is 2. The molecule has 2 heterocycles. The SMILES string of the molecule is C=CC(=O)NCc1ccc(C(=O)N2CCC(Cc3ncc[nH]3)CC2)cc1. The van der Waals surface area contributed by atoms with Gasteiger partial charge in [0, 0.05) is 44.0 Å². The van der Waals surface area contributed by atoms with E-state index in [1.54, 1.807) is 6.20 Å². The van der Waals surface area contributed by atoms with Crippen LogP contribution in [0.25, 0.3) is 0 Å². The predicted molar refractivity (Wildman–Crippen MR) is 99.4 cm³/mol. The van der Waals surface area contributed by atoms with Crippen molar-refractivity contribution in [2.45, 2.75) is 25.8 Å². The number of likely N-dealkylation sites (tertiary alicyclic amines) is 1. The number of carbonyl (C=O) groups excluding carboxylic acids is 2. The minimum absolute atomic E-state index is 0.0723. The lowest BCUT2D eigenvalue weighted by molar-refractivity contribution is -0.116. The number of aromatic amines is 1. The van der Waals surface area contributed by atoms with E-state index in [1.165, 1.54) is 6.08 Å². The van der Waals surface area contributed by atoms with Crippen molar-refractivity contribution in [3.05, 3.63) is 66.3 Å². The molecule has 0 unspecified atom stereocenters. The molecule has 3 rings (SSSR count). The molecule has 0 atom stereocenters. The van der Waals surface area contributed by atoms with E-state index in [-0.39, 0.29) is 11.8 Å². The minimum Gasteiger partial charge on any atom is -0.349 e. The summed E-state index contributed by atoms with van der Waals surface area (Å²) in [6.45, 7) is 5.41. The van der Waals surface area contributed by atoms with Crippen molar-refractivity contribution < 1.29 is 9.59 Å². The molecular formula is C20H24N4O2. The van der Waals surface area contributed by atoms with Crippen molar-refractivity contribution in [1.82, 2.24) is 20.2 Å². The molecule has 6 heteroatoms. The number of hydrogen-bond acceptors (Lipinski definition) is 3. The Balaban J connectivity index is 1.50. The molecule has 136 valence electrons. The third-order valence-corrected chi connectivity index (χ3v) is 4.79. The van der Waals surface area contributed by atoms with Gasteiger partial charge in [0.25, 0.3) is 5.91 Å². The summed E-state index contributed by atoms with van der Waals surface area (Å²) in [5.41, 5.74) is 1.64. The molecule has 0 bridgehead atoms. The van der Waals surface area contributed by atoms with Crippen LogP contribution >= 0.6 is 0 Å². The highest BCUT2D eigenvalue weighted by atomic mass is 16.2. The molecule has 1 aromatic heterocycles. The highest BCUT2D eigenvalue weighted by molar-refractivity contribution is 5.94. The van der Waals surface area contributed by atoms with Crippen LogP contribution in [0.5, 0.6) is 0 Å². The zero-order valence-electron chi connectivity index (χ0n) is 14.8. The number of hydrogen-bond donors (Lipinski definition) is 2. The fraction of sp³-hybridized carbons (Fsp3) is 0.350. The summed E-state index contributed by atoms with van der Waals surface area (Å²) in [5.74, 6) is 1.46. The van der Waals surface area contributed by atoms with Gasteiger partial charge in [-0.3, -0.25) is 9.59 Å². The molecule has 1 saturated heterocycles. The standard InChI is InChI=1S/C20H24N4O2/c1-2-19(25)23-14-16-3-5-17(6-4-16)20(26)24-11-7-15(8-12-24)13-18-21-9-10-22-18/h2-6,9-10,15H,1,7-8,11-14H2,(H,21,22)(H,23,25). The summed E-state index contributed by atoms with van der Waals surface area (Å²) in [4.78, 5) is 33.2. The molecule has 0 radical (unpaired) electrons. The van der Waals surface area contributed by atoms with E-state index in [9.17, 15) is 9.59 Å². The zero-order chi connectivity index (χ0) is 18.4. The summed E-state index contributed by atoms with van der Waals surface area (Å²) in [7, 11) is 0. The molecule has 0 spiro atoms. The number of benzene rings is 1. The van der Waals surface area contributed by atoms with Crippen LogP contribution in [0.2, 0.25) is 0 Å². The van der Waals surface area contributed by atoms with Crippen molar-refractivity contribution in [2.24, 2.45) is 5.92 Å². The summed E-state index contributed by atoms with van der Waals surface area (Å²) in [6, 6.07) is 7.40. The molecule has 6 nitrogen and oxygen atoms in total. The Morgan fingerprint density at radius 3 is 2.62 bits per heavy atom. The van der Waals surface area contributed by atoms with Gasteiger partial charge in [-0.1, -0.05) is 18.7 Å². The van der Waals surface area contributed by atoms with E-state index >= 15 is 0 Å². The number of nitrogens with one attached hydrogen (secondary N) is 2. The third-order valence-electron chi connectivity index (χ3n) is 4.79. The number of carbonyl (C=O) groups is 2. The maximum absolute atomic E-state index is 12.7. The Morgan fingerprint density at radius 2 is 2.00 bits per heavy atom. The normalized spacial score (nSPS) is 14.8. The van der Waals surface area contributed by atoms with Gasteiger partial charge in [0.1, 0.15) is 5.82 Å². The second-order valence-corrected chi connectivity index (χ2v) is 6.59. The van der Waals surface area contributed by atoms with Crippen LogP contribution in [0.15, 0.2) is 49.3 Å². The maximum atomic E-state index is 12.7. The lowest BCUT2D eigenvalue weighted by Crippen LogP contribution is -2.39. The van der Waals surface area contributed by atoms with Gasteiger partial charge < -0.3 is 15.2 Å². The molecule has 1 aromatic carbocycles. The molecule has 1 fully saturated rings. The monoisotopic (exact) mass is 352 g/mol. The number of rotatable bonds is 6. The largest absolute Gasteiger partial charge is 0.349 e. The third kappa shape index (κ3) is 4.59. The first-order chi connectivity index (χ1) is 12.7. The van der Waals surface area contributed by atoms with Crippen LogP contribution < -0.4 is 5.32 Å². The van der Waals surface area contributed by atoms with E-state index in [1.807, 2.05) is 35.4 Å². The fourth-order valence-electron chi connectivity index (χ4n) is 3.23. The van der Waals surface area contributed by atoms with Gasteiger partial charge in [0.05, 0.1) is 0 Å². The van der Waals surface area contributed by atoms with Crippen molar-refractivity contribution in [2.75, 3.05) is 13.1 Å². The summed E-state index contributed by atoms with van der Waals surface area (Å²) < 4.78 is 0. The Hall–Kier alpha value is -2.89. The van der Waals surface area contributed by atoms with Crippen LogP contribution in [0.3, 0.4) is 0 Å². The van der Waals surface area contributed by atoms with Gasteiger partial charge in [-0.25, -0.2) is 4.98 Å². The summed E-state index contributed by atoms with van der Waals surface area (Å²) in [6.07, 6.45) is 7.81. The Kier molecular flexibility index (Phi) is 5.84. The molecule has 0 saturated carbocycles. The van der Waals surface area contributed by atoms with Gasteiger partial charge in [-0.05, 0) is 42.5 Å². The Labute approximate surface area is 153 Å². The van der Waals surface area contributed by atoms with Crippen molar-refractivity contribution in [3.63, 3.8) is 0 Å². The second-order valence-electron chi connectivity index (χ2n) is 6.59. The fourth-order valence-corrected chi connectivity index (χ4v) is 3.23. The molecule has 2 N–H and O–H groups in total. The summed E-state index contributed by atoms with van der Waals surface area (Å²) in [5, 5.41) is 2.72. The van der Waals surface area contributed by atoms with E-state index in [0.717, 1.165) is 43.7 Å². The average molecular weight is 352 g/mol. The van der Waals surface area contributed by atoms with E-state index < -0.39 is 0 Å².